The molecule has 4 heterocycles. The van der Waals surface area contributed by atoms with E-state index in [1.54, 1.807) is 6.20 Å². The van der Waals surface area contributed by atoms with Gasteiger partial charge in [-0.2, -0.15) is 0 Å². The Morgan fingerprint density at radius 1 is 1.28 bits per heavy atom. The lowest BCUT2D eigenvalue weighted by Gasteiger charge is -2.47. The van der Waals surface area contributed by atoms with Gasteiger partial charge in [-0.3, -0.25) is 9.59 Å². The van der Waals surface area contributed by atoms with Crippen molar-refractivity contribution in [1.82, 2.24) is 24.7 Å². The summed E-state index contributed by atoms with van der Waals surface area (Å²) in [6.07, 6.45) is 10.6. The minimum atomic E-state index is 0.144. The number of hydrogen-bond acceptors (Lipinski definition) is 5. The topological polar surface area (TPSA) is 79.7 Å². The van der Waals surface area contributed by atoms with Crippen molar-refractivity contribution >= 4 is 11.8 Å². The first-order chi connectivity index (χ1) is 14.1. The van der Waals surface area contributed by atoms with Crippen molar-refractivity contribution in [1.29, 1.82) is 0 Å². The van der Waals surface area contributed by atoms with Crippen LogP contribution >= 0.6 is 0 Å². The summed E-state index contributed by atoms with van der Waals surface area (Å²) < 4.78 is 7.52. The van der Waals surface area contributed by atoms with Crippen molar-refractivity contribution in [2.24, 2.45) is 5.41 Å². The van der Waals surface area contributed by atoms with Crippen LogP contribution in [-0.4, -0.2) is 83.1 Å². The zero-order chi connectivity index (χ0) is 20.1. The van der Waals surface area contributed by atoms with E-state index in [4.69, 9.17) is 4.74 Å². The molecule has 3 aliphatic rings. The molecular weight excluding hydrogens is 370 g/mol. The summed E-state index contributed by atoms with van der Waals surface area (Å²) >= 11 is 0. The van der Waals surface area contributed by atoms with Gasteiger partial charge in [0.05, 0.1) is 19.5 Å². The average Bonchev–Trinajstić information content (AvgIpc) is 3.26. The van der Waals surface area contributed by atoms with Gasteiger partial charge in [0.2, 0.25) is 11.8 Å². The third kappa shape index (κ3) is 5.17. The van der Waals surface area contributed by atoms with E-state index >= 15 is 0 Å². The SMILES string of the molecule is O=C(C[C@H]1COCCN1)N1CCC2(CCC(=O)N(CCCn3ccnc3)C2)CC1. The maximum atomic E-state index is 12.7. The molecule has 1 atom stereocenters. The predicted molar refractivity (Wildman–Crippen MR) is 108 cm³/mol. The Bertz CT molecular complexity index is 678. The Labute approximate surface area is 172 Å². The normalized spacial score (nSPS) is 24.8. The van der Waals surface area contributed by atoms with Crippen LogP contribution in [0.4, 0.5) is 0 Å². The van der Waals surface area contributed by atoms with Gasteiger partial charge in [0, 0.05) is 70.5 Å². The number of aryl methyl sites for hydroxylation is 1. The monoisotopic (exact) mass is 403 g/mol. The average molecular weight is 404 g/mol. The van der Waals surface area contributed by atoms with Gasteiger partial charge < -0.3 is 24.4 Å². The van der Waals surface area contributed by atoms with Gasteiger partial charge in [-0.1, -0.05) is 0 Å². The Morgan fingerprint density at radius 2 is 2.14 bits per heavy atom. The highest BCUT2D eigenvalue weighted by Gasteiger charge is 2.41. The van der Waals surface area contributed by atoms with E-state index in [1.165, 1.54) is 0 Å². The molecule has 0 unspecified atom stereocenters. The zero-order valence-electron chi connectivity index (χ0n) is 17.2. The van der Waals surface area contributed by atoms with Crippen molar-refractivity contribution in [2.45, 2.75) is 51.1 Å². The van der Waals surface area contributed by atoms with Crippen molar-refractivity contribution in [3.63, 3.8) is 0 Å². The lowest BCUT2D eigenvalue weighted by Crippen LogP contribution is -2.53. The van der Waals surface area contributed by atoms with Crippen LogP contribution in [0.25, 0.3) is 0 Å². The highest BCUT2D eigenvalue weighted by molar-refractivity contribution is 5.78. The molecule has 0 bridgehead atoms. The number of likely N-dealkylation sites (tertiary alicyclic amines) is 2. The number of nitrogens with one attached hydrogen (secondary N) is 1. The molecule has 3 aliphatic heterocycles. The molecule has 1 spiro atoms. The van der Waals surface area contributed by atoms with Crippen LogP contribution in [0.5, 0.6) is 0 Å². The van der Waals surface area contributed by atoms with Crippen LogP contribution in [0.3, 0.4) is 0 Å². The van der Waals surface area contributed by atoms with E-state index in [-0.39, 0.29) is 23.3 Å². The number of carbonyl (C=O) groups excluding carboxylic acids is 2. The van der Waals surface area contributed by atoms with E-state index in [0.717, 1.165) is 71.6 Å². The van der Waals surface area contributed by atoms with Gasteiger partial charge in [0.1, 0.15) is 0 Å². The molecule has 3 saturated heterocycles. The third-order valence-corrected chi connectivity index (χ3v) is 6.75. The van der Waals surface area contributed by atoms with Crippen LogP contribution in [0.2, 0.25) is 0 Å². The molecular formula is C21H33N5O3. The highest BCUT2D eigenvalue weighted by Crippen LogP contribution is 2.40. The second kappa shape index (κ2) is 9.26. The largest absolute Gasteiger partial charge is 0.378 e. The summed E-state index contributed by atoms with van der Waals surface area (Å²) in [4.78, 5) is 33.2. The van der Waals surface area contributed by atoms with Crippen LogP contribution < -0.4 is 5.32 Å². The van der Waals surface area contributed by atoms with Crippen LogP contribution in [0.1, 0.15) is 38.5 Å². The second-order valence-electron chi connectivity index (χ2n) is 8.78. The Balaban J connectivity index is 1.24. The van der Waals surface area contributed by atoms with Gasteiger partial charge >= 0.3 is 0 Å². The number of ether oxygens (including phenoxy) is 1. The molecule has 8 nitrogen and oxygen atoms in total. The van der Waals surface area contributed by atoms with Crippen molar-refractivity contribution in [3.05, 3.63) is 18.7 Å². The zero-order valence-corrected chi connectivity index (χ0v) is 17.2. The number of hydrogen-bond donors (Lipinski definition) is 1. The van der Waals surface area contributed by atoms with E-state index < -0.39 is 0 Å². The number of piperidine rings is 2. The molecule has 0 aliphatic carbocycles. The molecule has 160 valence electrons. The molecule has 0 radical (unpaired) electrons. The van der Waals surface area contributed by atoms with E-state index in [9.17, 15) is 9.59 Å². The first-order valence-electron chi connectivity index (χ1n) is 11.0. The lowest BCUT2D eigenvalue weighted by atomic mass is 9.72. The van der Waals surface area contributed by atoms with E-state index in [1.807, 2.05) is 17.4 Å². The minimum absolute atomic E-state index is 0.144. The molecule has 3 fully saturated rings. The number of amides is 2. The fourth-order valence-electron chi connectivity index (χ4n) is 4.90. The molecule has 8 heteroatoms. The van der Waals surface area contributed by atoms with Crippen molar-refractivity contribution in [2.75, 3.05) is 45.9 Å². The number of nitrogens with zero attached hydrogens (tertiary/aromatic N) is 4. The first kappa shape index (κ1) is 20.3. The molecule has 1 aromatic rings. The van der Waals surface area contributed by atoms with Crippen molar-refractivity contribution in [3.8, 4) is 0 Å². The summed E-state index contributed by atoms with van der Waals surface area (Å²) in [7, 11) is 0. The Kier molecular flexibility index (Phi) is 6.50. The van der Waals surface area contributed by atoms with Crippen LogP contribution in [-0.2, 0) is 20.9 Å². The number of imidazole rings is 1. The number of carbonyl (C=O) groups is 2. The maximum absolute atomic E-state index is 12.7. The standard InChI is InChI=1S/C21H33N5O3/c27-19-2-3-21(16-26(19)9-1-8-24-12-6-22-17-24)4-10-25(11-5-21)20(28)14-18-15-29-13-7-23-18/h6,12,17-18,23H,1-5,7-11,13-16H2/t18-/m0/s1. The Morgan fingerprint density at radius 3 is 2.86 bits per heavy atom. The quantitative estimate of drug-likeness (QED) is 0.763. The van der Waals surface area contributed by atoms with Crippen LogP contribution in [0, 0.1) is 5.41 Å². The third-order valence-electron chi connectivity index (χ3n) is 6.75. The van der Waals surface area contributed by atoms with Gasteiger partial charge in [0.15, 0.2) is 0 Å². The molecule has 0 aromatic carbocycles. The fourth-order valence-corrected chi connectivity index (χ4v) is 4.90. The van der Waals surface area contributed by atoms with E-state index in [2.05, 4.69) is 19.8 Å². The number of aromatic nitrogens is 2. The molecule has 0 saturated carbocycles. The Hall–Kier alpha value is -1.93. The van der Waals surface area contributed by atoms with Gasteiger partial charge in [-0.15, -0.1) is 0 Å². The molecule has 4 rings (SSSR count). The molecule has 29 heavy (non-hydrogen) atoms. The second-order valence-corrected chi connectivity index (χ2v) is 8.78. The molecule has 2 amide bonds. The fraction of sp³-hybridized carbons (Fsp3) is 0.762. The molecule has 1 aromatic heterocycles. The smallest absolute Gasteiger partial charge is 0.224 e. The summed E-state index contributed by atoms with van der Waals surface area (Å²) in [5.74, 6) is 0.509. The predicted octanol–water partition coefficient (Wildman–Crippen LogP) is 0.883. The summed E-state index contributed by atoms with van der Waals surface area (Å²) in [6, 6.07) is 0.144. The molecule has 1 N–H and O–H groups in total. The summed E-state index contributed by atoms with van der Waals surface area (Å²) in [6.45, 7) is 6.33. The van der Waals surface area contributed by atoms with Gasteiger partial charge in [-0.25, -0.2) is 4.98 Å². The highest BCUT2D eigenvalue weighted by atomic mass is 16.5. The van der Waals surface area contributed by atoms with E-state index in [0.29, 0.717) is 19.4 Å². The van der Waals surface area contributed by atoms with Gasteiger partial charge in [0.25, 0.3) is 0 Å². The van der Waals surface area contributed by atoms with Gasteiger partial charge in [-0.05, 0) is 31.1 Å². The van der Waals surface area contributed by atoms with Crippen molar-refractivity contribution < 1.29 is 14.3 Å². The van der Waals surface area contributed by atoms with Crippen LogP contribution in [0.15, 0.2) is 18.7 Å². The lowest BCUT2D eigenvalue weighted by molar-refractivity contribution is -0.143. The first-order valence-corrected chi connectivity index (χ1v) is 11.0. The summed E-state index contributed by atoms with van der Waals surface area (Å²) in [5.41, 5.74) is 0.186. The number of morpholine rings is 1. The number of rotatable bonds is 6. The maximum Gasteiger partial charge on any atom is 0.224 e. The minimum Gasteiger partial charge on any atom is -0.378 e. The summed E-state index contributed by atoms with van der Waals surface area (Å²) in [5, 5.41) is 3.36.